The van der Waals surface area contributed by atoms with E-state index in [1.165, 1.54) is 38.5 Å². The fourth-order valence-corrected chi connectivity index (χ4v) is 6.07. The molecule has 2 aliphatic carbocycles. The molecule has 4 fully saturated rings. The maximum Gasteiger partial charge on any atom is 0.254 e. The van der Waals surface area contributed by atoms with Crippen LogP contribution in [0.1, 0.15) is 58.0 Å². The average Bonchev–Trinajstić information content (AvgIpc) is 3.82. The number of nitrogens with zero attached hydrogens (tertiary/aromatic N) is 8. The van der Waals surface area contributed by atoms with Crippen molar-refractivity contribution in [2.45, 2.75) is 64.1 Å². The minimum Gasteiger partial charge on any atom is -0.370 e. The van der Waals surface area contributed by atoms with Crippen molar-refractivity contribution in [3.8, 4) is 11.4 Å². The summed E-state index contributed by atoms with van der Waals surface area (Å²) in [5, 5.41) is 12.4. The molecule has 0 aromatic carbocycles. The summed E-state index contributed by atoms with van der Waals surface area (Å²) in [5.74, 6) is 1.78. The van der Waals surface area contributed by atoms with E-state index in [9.17, 15) is 4.79 Å². The maximum atomic E-state index is 13.2. The zero-order valence-corrected chi connectivity index (χ0v) is 22.2. The molecule has 200 valence electrons. The van der Waals surface area contributed by atoms with Crippen LogP contribution >= 0.6 is 0 Å². The van der Waals surface area contributed by atoms with E-state index in [2.05, 4.69) is 36.5 Å². The lowest BCUT2D eigenvalue weighted by Gasteiger charge is -2.35. The Hall–Kier alpha value is -3.27. The number of pyridine rings is 1. The highest BCUT2D eigenvalue weighted by Crippen LogP contribution is 2.53. The lowest BCUT2D eigenvalue weighted by molar-refractivity contribution is 0.403. The molecular weight excluding hydrogens is 478 g/mol. The van der Waals surface area contributed by atoms with Crippen molar-refractivity contribution >= 4 is 11.5 Å². The van der Waals surface area contributed by atoms with Gasteiger partial charge in [0.1, 0.15) is 23.4 Å². The summed E-state index contributed by atoms with van der Waals surface area (Å²) in [5.41, 5.74) is 2.86. The molecule has 1 unspecified atom stereocenters. The first-order chi connectivity index (χ1) is 18.6. The Kier molecular flexibility index (Phi) is 5.94. The van der Waals surface area contributed by atoms with Gasteiger partial charge in [0.15, 0.2) is 0 Å². The molecule has 1 N–H and O–H groups in total. The van der Waals surface area contributed by atoms with Crippen LogP contribution in [0.3, 0.4) is 0 Å². The van der Waals surface area contributed by atoms with Gasteiger partial charge in [0, 0.05) is 50.2 Å². The van der Waals surface area contributed by atoms with Crippen LogP contribution in [0.4, 0.5) is 11.5 Å². The molecule has 2 atom stereocenters. The molecule has 5 heterocycles. The van der Waals surface area contributed by atoms with Crippen LogP contribution in [-0.2, 0) is 0 Å². The molecule has 38 heavy (non-hydrogen) atoms. The number of rotatable bonds is 8. The average molecular weight is 516 g/mol. The smallest absolute Gasteiger partial charge is 0.254 e. The highest BCUT2D eigenvalue weighted by molar-refractivity contribution is 5.55. The SMILES string of the molecule is CC(n1cc(-c2cncc(N3CCC4(CC4)C3)n2)nn1)n1ccc(N2CCC[C@@H](NCC3CC3)C2)cc1=O. The van der Waals surface area contributed by atoms with Gasteiger partial charge >= 0.3 is 0 Å². The Bertz CT molecular complexity index is 1360. The van der Waals surface area contributed by atoms with E-state index in [0.29, 0.717) is 22.8 Å². The van der Waals surface area contributed by atoms with Crippen LogP contribution in [0.15, 0.2) is 41.7 Å². The third kappa shape index (κ3) is 4.81. The quantitative estimate of drug-likeness (QED) is 0.489. The summed E-state index contributed by atoms with van der Waals surface area (Å²) in [6.07, 6.45) is 16.0. The summed E-state index contributed by atoms with van der Waals surface area (Å²) in [4.78, 5) is 27.1. The van der Waals surface area contributed by atoms with Crippen molar-refractivity contribution in [1.29, 1.82) is 0 Å². The first kappa shape index (κ1) is 23.8. The van der Waals surface area contributed by atoms with Gasteiger partial charge in [-0.1, -0.05) is 5.21 Å². The topological polar surface area (TPSA) is 97.0 Å². The normalized spacial score (nSPS) is 23.2. The second-order valence-corrected chi connectivity index (χ2v) is 11.9. The monoisotopic (exact) mass is 515 g/mol. The number of aromatic nitrogens is 6. The summed E-state index contributed by atoms with van der Waals surface area (Å²) >= 11 is 0. The van der Waals surface area contributed by atoms with E-state index in [0.717, 1.165) is 56.6 Å². The van der Waals surface area contributed by atoms with Crippen molar-refractivity contribution in [3.63, 3.8) is 0 Å². The first-order valence-electron chi connectivity index (χ1n) is 14.3. The minimum atomic E-state index is -0.309. The fraction of sp³-hybridized carbons (Fsp3) is 0.607. The molecule has 1 spiro atoms. The van der Waals surface area contributed by atoms with Gasteiger partial charge in [0.2, 0.25) is 0 Å². The Morgan fingerprint density at radius 3 is 2.79 bits per heavy atom. The Balaban J connectivity index is 1.04. The maximum absolute atomic E-state index is 13.2. The van der Waals surface area contributed by atoms with E-state index in [4.69, 9.17) is 4.98 Å². The second-order valence-electron chi connectivity index (χ2n) is 11.9. The number of nitrogens with one attached hydrogen (secondary N) is 1. The van der Waals surface area contributed by atoms with E-state index in [1.807, 2.05) is 25.5 Å². The summed E-state index contributed by atoms with van der Waals surface area (Å²) in [6, 6.07) is 4.31. The fourth-order valence-electron chi connectivity index (χ4n) is 6.07. The van der Waals surface area contributed by atoms with Gasteiger partial charge in [-0.25, -0.2) is 9.67 Å². The number of hydrogen-bond donors (Lipinski definition) is 1. The van der Waals surface area contributed by atoms with Gasteiger partial charge in [-0.2, -0.15) is 0 Å². The van der Waals surface area contributed by atoms with Crippen LogP contribution in [0.25, 0.3) is 11.4 Å². The molecule has 3 aromatic rings. The van der Waals surface area contributed by atoms with Gasteiger partial charge in [-0.05, 0) is 75.8 Å². The van der Waals surface area contributed by atoms with Gasteiger partial charge in [0.05, 0.1) is 18.6 Å². The molecule has 2 saturated heterocycles. The molecule has 7 rings (SSSR count). The van der Waals surface area contributed by atoms with Crippen molar-refractivity contribution in [2.75, 3.05) is 42.5 Å². The summed E-state index contributed by atoms with van der Waals surface area (Å²) in [7, 11) is 0. The predicted octanol–water partition coefficient (Wildman–Crippen LogP) is 2.92. The molecule has 4 aliphatic rings. The van der Waals surface area contributed by atoms with Gasteiger partial charge in [-0.3, -0.25) is 14.3 Å². The Morgan fingerprint density at radius 2 is 2.00 bits per heavy atom. The number of anilines is 2. The summed E-state index contributed by atoms with van der Waals surface area (Å²) in [6.45, 7) is 7.15. The van der Waals surface area contributed by atoms with E-state index in [-0.39, 0.29) is 11.7 Å². The number of piperidine rings is 1. The molecule has 10 nitrogen and oxygen atoms in total. The lowest BCUT2D eigenvalue weighted by Crippen LogP contribution is -2.46. The lowest BCUT2D eigenvalue weighted by atomic mass is 10.0. The highest BCUT2D eigenvalue weighted by Gasteiger charge is 2.48. The van der Waals surface area contributed by atoms with E-state index in [1.54, 1.807) is 21.5 Å². The molecule has 0 bridgehead atoms. The van der Waals surface area contributed by atoms with Crippen LogP contribution in [0.5, 0.6) is 0 Å². The van der Waals surface area contributed by atoms with Crippen LogP contribution in [0, 0.1) is 11.3 Å². The zero-order valence-electron chi connectivity index (χ0n) is 22.2. The van der Waals surface area contributed by atoms with E-state index < -0.39 is 0 Å². The second kappa shape index (κ2) is 9.48. The molecule has 3 aromatic heterocycles. The molecular formula is C28H37N9O. The molecule has 10 heteroatoms. The van der Waals surface area contributed by atoms with Crippen molar-refractivity contribution in [2.24, 2.45) is 11.3 Å². The Labute approximate surface area is 223 Å². The van der Waals surface area contributed by atoms with Crippen LogP contribution < -0.4 is 20.7 Å². The predicted molar refractivity (Wildman–Crippen MR) is 146 cm³/mol. The minimum absolute atomic E-state index is 0.0371. The van der Waals surface area contributed by atoms with Crippen molar-refractivity contribution in [1.82, 2.24) is 34.8 Å². The van der Waals surface area contributed by atoms with Gasteiger partial charge in [-0.15, -0.1) is 5.10 Å². The highest BCUT2D eigenvalue weighted by atomic mass is 16.1. The van der Waals surface area contributed by atoms with Crippen LogP contribution in [-0.4, -0.2) is 68.3 Å². The molecule has 2 aliphatic heterocycles. The summed E-state index contributed by atoms with van der Waals surface area (Å²) < 4.78 is 3.43. The molecule has 0 amide bonds. The van der Waals surface area contributed by atoms with Gasteiger partial charge in [0.25, 0.3) is 5.56 Å². The first-order valence-corrected chi connectivity index (χ1v) is 14.3. The third-order valence-corrected chi connectivity index (χ3v) is 9.01. The third-order valence-electron chi connectivity index (χ3n) is 9.01. The molecule has 2 saturated carbocycles. The zero-order chi connectivity index (χ0) is 25.7. The number of hydrogen-bond acceptors (Lipinski definition) is 8. The van der Waals surface area contributed by atoms with Crippen molar-refractivity contribution in [3.05, 3.63) is 47.3 Å². The largest absolute Gasteiger partial charge is 0.370 e. The Morgan fingerprint density at radius 1 is 1.11 bits per heavy atom. The van der Waals surface area contributed by atoms with Crippen LogP contribution in [0.2, 0.25) is 0 Å². The van der Waals surface area contributed by atoms with E-state index >= 15 is 0 Å². The molecule has 0 radical (unpaired) electrons. The van der Waals surface area contributed by atoms with Crippen molar-refractivity contribution < 1.29 is 0 Å². The standard InChI is InChI=1S/C28H37N9O/c1-20(36-11-6-23(13-27(36)38)34-10-2-3-22(17-34)30-14-21-4-5-21)37-18-25(32-33-37)24-15-29-16-26(31-24)35-12-9-28(19-35)7-8-28/h6,11,13,15-16,18,20-22,30H,2-5,7-10,12,14,17,19H2,1H3/t20?,22-/m1/s1. The van der Waals surface area contributed by atoms with Gasteiger partial charge < -0.3 is 15.1 Å².